The van der Waals surface area contributed by atoms with Gasteiger partial charge in [0.1, 0.15) is 23.1 Å². The van der Waals surface area contributed by atoms with E-state index in [9.17, 15) is 9.59 Å². The smallest absolute Gasteiger partial charge is 0.262 e. The quantitative estimate of drug-likeness (QED) is 0.139. The van der Waals surface area contributed by atoms with E-state index in [2.05, 4.69) is 70.3 Å². The molecule has 2 amide bonds. The molecule has 4 aromatic carbocycles. The van der Waals surface area contributed by atoms with Crippen LogP contribution in [0.1, 0.15) is 17.5 Å². The van der Waals surface area contributed by atoms with Gasteiger partial charge in [-0.2, -0.15) is 0 Å². The number of ether oxygens (including phenoxy) is 2. The lowest BCUT2D eigenvalue weighted by Crippen LogP contribution is -2.44. The molecule has 0 bridgehead atoms. The third kappa shape index (κ3) is 12.0. The summed E-state index contributed by atoms with van der Waals surface area (Å²) >= 11 is 11.7. The normalized spacial score (nSPS) is 14.9. The highest BCUT2D eigenvalue weighted by atomic mass is 35.5. The van der Waals surface area contributed by atoms with E-state index in [1.165, 1.54) is 0 Å². The summed E-state index contributed by atoms with van der Waals surface area (Å²) in [4.78, 5) is 43.7. The van der Waals surface area contributed by atoms with Crippen LogP contribution in [0.15, 0.2) is 97.1 Å². The van der Waals surface area contributed by atoms with Crippen molar-refractivity contribution in [3.05, 3.63) is 118 Å². The third-order valence-corrected chi connectivity index (χ3v) is 11.3. The molecule has 12 nitrogen and oxygen atoms in total. The number of piperazine rings is 1. The number of benzene rings is 4. The Kier molecular flexibility index (Phi) is 14.4. The zero-order valence-corrected chi connectivity index (χ0v) is 36.6. The van der Waals surface area contributed by atoms with Gasteiger partial charge in [-0.15, -0.1) is 0 Å². The highest BCUT2D eigenvalue weighted by Gasteiger charge is 2.18. The van der Waals surface area contributed by atoms with Crippen LogP contribution in [0.3, 0.4) is 0 Å². The molecular formula is C47H52Cl2N8O4. The number of amides is 2. The fourth-order valence-corrected chi connectivity index (χ4v) is 7.55. The molecule has 2 aromatic heterocycles. The van der Waals surface area contributed by atoms with Crippen molar-refractivity contribution in [1.29, 1.82) is 0 Å². The van der Waals surface area contributed by atoms with Gasteiger partial charge < -0.3 is 39.7 Å². The Bertz CT molecular complexity index is 2460. The summed E-state index contributed by atoms with van der Waals surface area (Å²) < 4.78 is 11.0. The van der Waals surface area contributed by atoms with Crippen molar-refractivity contribution in [1.82, 2.24) is 19.8 Å². The van der Waals surface area contributed by atoms with Crippen LogP contribution in [0, 0.1) is 13.8 Å². The van der Waals surface area contributed by atoms with Crippen LogP contribution >= 0.6 is 23.2 Å². The number of aromatic nitrogens is 2. The van der Waals surface area contributed by atoms with Crippen LogP contribution in [0.25, 0.3) is 21.8 Å². The number of carbonyl (C=O) groups is 2. The predicted octanol–water partition coefficient (Wildman–Crippen LogP) is 8.32. The average Bonchev–Trinajstić information content (AvgIpc) is 3.48. The van der Waals surface area contributed by atoms with Crippen molar-refractivity contribution in [2.45, 2.75) is 20.3 Å². The molecule has 2 aliphatic rings. The van der Waals surface area contributed by atoms with Gasteiger partial charge in [0.25, 0.3) is 11.8 Å². The van der Waals surface area contributed by atoms with Gasteiger partial charge in [-0.1, -0.05) is 23.2 Å². The summed E-state index contributed by atoms with van der Waals surface area (Å²) in [5, 5.41) is 9.11. The molecule has 0 aliphatic carbocycles. The van der Waals surface area contributed by atoms with Gasteiger partial charge in [-0.3, -0.25) is 9.59 Å². The van der Waals surface area contributed by atoms with Gasteiger partial charge in [-0.25, -0.2) is 9.97 Å². The average molecular weight is 864 g/mol. The molecule has 14 heteroatoms. The van der Waals surface area contributed by atoms with Crippen molar-refractivity contribution in [3.63, 3.8) is 0 Å². The lowest BCUT2D eigenvalue weighted by Gasteiger charge is -2.33. The maximum absolute atomic E-state index is 12.3. The van der Waals surface area contributed by atoms with Crippen molar-refractivity contribution >= 4 is 79.8 Å². The first-order chi connectivity index (χ1) is 29.4. The summed E-state index contributed by atoms with van der Waals surface area (Å²) in [6, 6.07) is 29.7. The van der Waals surface area contributed by atoms with Gasteiger partial charge in [0.2, 0.25) is 0 Å². The summed E-state index contributed by atoms with van der Waals surface area (Å²) in [5.41, 5.74) is 5.60. The van der Waals surface area contributed by atoms with Gasteiger partial charge in [0, 0.05) is 78.0 Å². The first-order valence-corrected chi connectivity index (χ1v) is 21.3. The highest BCUT2D eigenvalue weighted by molar-refractivity contribution is 6.30. The Morgan fingerprint density at radius 1 is 0.557 bits per heavy atom. The van der Waals surface area contributed by atoms with Crippen LogP contribution in [-0.2, 0) is 9.59 Å². The first kappa shape index (κ1) is 43.4. The zero-order chi connectivity index (χ0) is 42.9. The second kappa shape index (κ2) is 20.3. The standard InChI is InChI=1S/C24H27ClN4O2.C23H25ClN4O2/c1-17-14-23(29-11-3-10-28(2)12-13-29)27-22-9-6-19(15-21(17)22)26-24(30)16-31-20-7-4-18(25)5-8-20;1-16-13-22(28-11-9-27(2)10-12-28)26-21-8-5-18(14-20(16)21)25-23(29)15-30-19-6-3-17(24)4-7-19/h4-9,14-15H,3,10-13,16H2,1-2H3,(H,26,30);3-8,13-14H,9-12,15H2,1-2H3,(H,25,29). The predicted molar refractivity (Wildman–Crippen MR) is 248 cm³/mol. The first-order valence-electron chi connectivity index (χ1n) is 20.5. The number of likely N-dealkylation sites (N-methyl/N-ethyl adjacent to an activating group) is 2. The molecule has 2 aliphatic heterocycles. The van der Waals surface area contributed by atoms with E-state index < -0.39 is 0 Å². The second-order valence-electron chi connectivity index (χ2n) is 15.6. The number of hydrogen-bond acceptors (Lipinski definition) is 10. The maximum Gasteiger partial charge on any atom is 0.262 e. The molecule has 2 N–H and O–H groups in total. The Labute approximate surface area is 367 Å². The van der Waals surface area contributed by atoms with Crippen LogP contribution in [0.5, 0.6) is 11.5 Å². The minimum Gasteiger partial charge on any atom is -0.484 e. The van der Waals surface area contributed by atoms with Gasteiger partial charge >= 0.3 is 0 Å². The van der Waals surface area contributed by atoms with E-state index in [1.807, 2.05) is 36.4 Å². The fraction of sp³-hybridized carbons (Fsp3) is 0.319. The number of pyridine rings is 2. The van der Waals surface area contributed by atoms with Crippen LogP contribution in [0.4, 0.5) is 23.0 Å². The number of rotatable bonds is 10. The number of hydrogen-bond donors (Lipinski definition) is 2. The van der Waals surface area contributed by atoms with Crippen LogP contribution in [-0.4, -0.2) is 111 Å². The van der Waals surface area contributed by atoms with Crippen LogP contribution < -0.4 is 29.9 Å². The van der Waals surface area contributed by atoms with E-state index in [1.54, 1.807) is 48.5 Å². The maximum atomic E-state index is 12.3. The number of carbonyl (C=O) groups excluding carboxylic acids is 2. The van der Waals surface area contributed by atoms with Crippen LogP contribution in [0.2, 0.25) is 10.0 Å². The Morgan fingerprint density at radius 3 is 1.41 bits per heavy atom. The summed E-state index contributed by atoms with van der Waals surface area (Å²) in [6.07, 6.45) is 1.14. The minimum atomic E-state index is -0.219. The molecule has 61 heavy (non-hydrogen) atoms. The Morgan fingerprint density at radius 2 is 0.967 bits per heavy atom. The molecule has 318 valence electrons. The highest BCUT2D eigenvalue weighted by Crippen LogP contribution is 2.28. The number of anilines is 4. The van der Waals surface area contributed by atoms with Gasteiger partial charge in [0.05, 0.1) is 11.0 Å². The monoisotopic (exact) mass is 862 g/mol. The van der Waals surface area contributed by atoms with E-state index >= 15 is 0 Å². The largest absolute Gasteiger partial charge is 0.484 e. The number of nitrogens with one attached hydrogen (secondary N) is 2. The summed E-state index contributed by atoms with van der Waals surface area (Å²) in [6.45, 7) is 12.2. The van der Waals surface area contributed by atoms with E-state index in [4.69, 9.17) is 42.6 Å². The molecule has 0 unspecified atom stereocenters. The molecule has 8 rings (SSSR count). The van der Waals surface area contributed by atoms with E-state index in [-0.39, 0.29) is 25.0 Å². The topological polar surface area (TPSA) is 115 Å². The summed E-state index contributed by atoms with van der Waals surface area (Å²) in [7, 11) is 4.31. The molecule has 4 heterocycles. The SMILES string of the molecule is Cc1cc(N2CCCN(C)CC2)nc2ccc(NC(=O)COc3ccc(Cl)cc3)cc12.Cc1cc(N2CCN(C)CC2)nc2ccc(NC(=O)COc3ccc(Cl)cc3)cc12. The zero-order valence-electron chi connectivity index (χ0n) is 35.1. The lowest BCUT2D eigenvalue weighted by atomic mass is 10.1. The van der Waals surface area contributed by atoms with Crippen molar-refractivity contribution in [2.24, 2.45) is 0 Å². The van der Waals surface area contributed by atoms with Gasteiger partial charge in [0.15, 0.2) is 13.2 Å². The van der Waals surface area contributed by atoms with Crippen molar-refractivity contribution in [3.8, 4) is 11.5 Å². The van der Waals surface area contributed by atoms with E-state index in [0.29, 0.717) is 21.5 Å². The molecule has 2 fully saturated rings. The van der Waals surface area contributed by atoms with Crippen molar-refractivity contribution in [2.75, 3.05) is 100 Å². The Balaban J connectivity index is 0.000000184. The van der Waals surface area contributed by atoms with Gasteiger partial charge in [-0.05, 0) is 149 Å². The minimum absolute atomic E-state index is 0.0702. The summed E-state index contributed by atoms with van der Waals surface area (Å²) in [5.74, 6) is 2.80. The molecular weight excluding hydrogens is 811 g/mol. The number of fused-ring (bicyclic) bond motifs is 2. The fourth-order valence-electron chi connectivity index (χ4n) is 7.30. The molecule has 2 saturated heterocycles. The molecule has 0 saturated carbocycles. The Hall–Kier alpha value is -5.66. The number of aryl methyl sites for hydroxylation is 2. The molecule has 0 atom stereocenters. The van der Waals surface area contributed by atoms with E-state index in [0.717, 1.165) is 115 Å². The molecule has 0 spiro atoms. The second-order valence-corrected chi connectivity index (χ2v) is 16.4. The number of nitrogens with zero attached hydrogens (tertiary/aromatic N) is 6. The lowest BCUT2D eigenvalue weighted by molar-refractivity contribution is -0.118. The van der Waals surface area contributed by atoms with Crippen molar-refractivity contribution < 1.29 is 19.1 Å². The molecule has 6 aromatic rings. The number of halogens is 2. The molecule has 0 radical (unpaired) electrons. The third-order valence-electron chi connectivity index (χ3n) is 10.8.